The van der Waals surface area contributed by atoms with Gasteiger partial charge in [-0.25, -0.2) is 4.98 Å². The number of ether oxygens (including phenoxy) is 1. The first kappa shape index (κ1) is 17.5. The Morgan fingerprint density at radius 3 is 2.64 bits per heavy atom. The third-order valence-electron chi connectivity index (χ3n) is 4.83. The first-order valence-corrected chi connectivity index (χ1v) is 8.93. The second-order valence-electron chi connectivity index (χ2n) is 6.65. The van der Waals surface area contributed by atoms with Crippen LogP contribution >= 0.6 is 0 Å². The fraction of sp³-hybridized carbons (Fsp3) is 0.450. The Morgan fingerprint density at radius 1 is 1.24 bits per heavy atom. The fourth-order valence-electron chi connectivity index (χ4n) is 3.18. The number of aromatic nitrogens is 1. The van der Waals surface area contributed by atoms with Gasteiger partial charge in [0.2, 0.25) is 0 Å². The summed E-state index contributed by atoms with van der Waals surface area (Å²) in [5.74, 6) is 2.24. The van der Waals surface area contributed by atoms with E-state index in [4.69, 9.17) is 4.74 Å². The number of pyridine rings is 1. The summed E-state index contributed by atoms with van der Waals surface area (Å²) in [7, 11) is 1.68. The molecule has 0 amide bonds. The van der Waals surface area contributed by atoms with E-state index in [0.29, 0.717) is 5.92 Å². The van der Waals surface area contributed by atoms with E-state index < -0.39 is 0 Å². The maximum absolute atomic E-state index is 9.71. The summed E-state index contributed by atoms with van der Waals surface area (Å²) in [6.45, 7) is 4.74. The van der Waals surface area contributed by atoms with Crippen molar-refractivity contribution in [2.75, 3.05) is 37.0 Å². The highest BCUT2D eigenvalue weighted by Crippen LogP contribution is 2.27. The maximum atomic E-state index is 9.71. The zero-order valence-corrected chi connectivity index (χ0v) is 15.0. The van der Waals surface area contributed by atoms with Gasteiger partial charge in [-0.3, -0.25) is 0 Å². The van der Waals surface area contributed by atoms with Gasteiger partial charge in [0.25, 0.3) is 0 Å². The van der Waals surface area contributed by atoms with Crippen molar-refractivity contribution in [2.24, 2.45) is 0 Å². The molecule has 25 heavy (non-hydrogen) atoms. The average molecular weight is 341 g/mol. The van der Waals surface area contributed by atoms with Crippen molar-refractivity contribution in [3.8, 4) is 5.75 Å². The molecule has 0 aliphatic carbocycles. The molecule has 2 N–H and O–H groups in total. The van der Waals surface area contributed by atoms with E-state index in [0.717, 1.165) is 49.7 Å². The number of benzene rings is 1. The number of methoxy groups -OCH3 is 1. The molecule has 1 atom stereocenters. The molecule has 5 nitrogen and oxygen atoms in total. The smallest absolute Gasteiger partial charge is 0.151 e. The second-order valence-corrected chi connectivity index (χ2v) is 6.65. The highest BCUT2D eigenvalue weighted by molar-refractivity contribution is 5.65. The topological polar surface area (TPSA) is 57.6 Å². The largest absolute Gasteiger partial charge is 0.497 e. The van der Waals surface area contributed by atoms with Crippen molar-refractivity contribution in [1.82, 2.24) is 4.98 Å². The first-order valence-electron chi connectivity index (χ1n) is 8.93. The van der Waals surface area contributed by atoms with Crippen molar-refractivity contribution in [3.05, 3.63) is 48.2 Å². The molecule has 1 aliphatic rings. The summed E-state index contributed by atoms with van der Waals surface area (Å²) in [4.78, 5) is 6.82. The van der Waals surface area contributed by atoms with E-state index >= 15 is 0 Å². The number of nitrogens with zero attached hydrogens (tertiary/aromatic N) is 2. The van der Waals surface area contributed by atoms with Crippen LogP contribution in [0.5, 0.6) is 5.75 Å². The summed E-state index contributed by atoms with van der Waals surface area (Å²) in [6.07, 6.45) is 3.26. The van der Waals surface area contributed by atoms with Crippen LogP contribution in [0.1, 0.15) is 31.2 Å². The van der Waals surface area contributed by atoms with Crippen LogP contribution in [0.3, 0.4) is 0 Å². The minimum absolute atomic E-state index is 0.175. The molecule has 0 saturated carbocycles. The van der Waals surface area contributed by atoms with Crippen LogP contribution in [-0.2, 0) is 0 Å². The first-order chi connectivity index (χ1) is 12.2. The van der Waals surface area contributed by atoms with Gasteiger partial charge in [0.05, 0.1) is 18.9 Å². The molecule has 2 aromatic rings. The predicted octanol–water partition coefficient (Wildman–Crippen LogP) is 3.27. The maximum Gasteiger partial charge on any atom is 0.151 e. The quantitative estimate of drug-likeness (QED) is 0.844. The molecule has 3 rings (SSSR count). The van der Waals surface area contributed by atoms with E-state index in [9.17, 15) is 5.11 Å². The molecule has 1 aliphatic heterocycles. The SMILES string of the molecule is COc1ccc(C(C)CNc2cccnc2N2CCC(O)CC2)cc1. The molecule has 0 bridgehead atoms. The van der Waals surface area contributed by atoms with Crippen molar-refractivity contribution in [2.45, 2.75) is 31.8 Å². The van der Waals surface area contributed by atoms with Crippen LogP contribution in [-0.4, -0.2) is 42.9 Å². The molecule has 0 spiro atoms. The third kappa shape index (κ3) is 4.42. The van der Waals surface area contributed by atoms with Crippen LogP contribution in [0.15, 0.2) is 42.6 Å². The lowest BCUT2D eigenvalue weighted by molar-refractivity contribution is 0.145. The number of piperidine rings is 1. The Hall–Kier alpha value is -2.27. The standard InChI is InChI=1S/C20H27N3O2/c1-15(16-5-7-18(25-2)8-6-16)14-22-19-4-3-11-21-20(19)23-12-9-17(24)10-13-23/h3-8,11,15,17,22,24H,9-10,12-14H2,1-2H3. The molecule has 1 unspecified atom stereocenters. The van der Waals surface area contributed by atoms with Gasteiger partial charge in [0, 0.05) is 25.8 Å². The molecule has 1 fully saturated rings. The molecule has 0 radical (unpaired) electrons. The van der Waals surface area contributed by atoms with Gasteiger partial charge in [0.1, 0.15) is 5.75 Å². The number of aliphatic hydroxyl groups excluding tert-OH is 1. The Morgan fingerprint density at radius 2 is 1.96 bits per heavy atom. The van der Waals surface area contributed by atoms with Gasteiger partial charge in [-0.05, 0) is 48.6 Å². The van der Waals surface area contributed by atoms with Crippen molar-refractivity contribution in [3.63, 3.8) is 0 Å². The average Bonchev–Trinajstić information content (AvgIpc) is 2.67. The highest BCUT2D eigenvalue weighted by Gasteiger charge is 2.20. The van der Waals surface area contributed by atoms with Gasteiger partial charge in [0.15, 0.2) is 5.82 Å². The lowest BCUT2D eigenvalue weighted by Gasteiger charge is -2.32. The Balaban J connectivity index is 1.64. The molecule has 2 heterocycles. The summed E-state index contributed by atoms with van der Waals surface area (Å²) >= 11 is 0. The molecule has 1 aromatic heterocycles. The van der Waals surface area contributed by atoms with Gasteiger partial charge in [-0.15, -0.1) is 0 Å². The fourth-order valence-corrected chi connectivity index (χ4v) is 3.18. The molecule has 1 aromatic carbocycles. The van der Waals surface area contributed by atoms with E-state index in [1.807, 2.05) is 24.4 Å². The summed E-state index contributed by atoms with van der Waals surface area (Å²) in [6, 6.07) is 12.3. The van der Waals surface area contributed by atoms with Crippen molar-refractivity contribution in [1.29, 1.82) is 0 Å². The summed E-state index contributed by atoms with van der Waals surface area (Å²) in [5.41, 5.74) is 2.33. The highest BCUT2D eigenvalue weighted by atomic mass is 16.5. The third-order valence-corrected chi connectivity index (χ3v) is 4.83. The second kappa shape index (κ2) is 8.21. The van der Waals surface area contributed by atoms with Crippen LogP contribution < -0.4 is 15.0 Å². The van der Waals surface area contributed by atoms with Crippen LogP contribution in [0.4, 0.5) is 11.5 Å². The Labute approximate surface area is 149 Å². The van der Waals surface area contributed by atoms with Gasteiger partial charge < -0.3 is 20.1 Å². The predicted molar refractivity (Wildman–Crippen MR) is 102 cm³/mol. The Bertz CT molecular complexity index is 667. The minimum Gasteiger partial charge on any atom is -0.497 e. The zero-order valence-electron chi connectivity index (χ0n) is 15.0. The molecular weight excluding hydrogens is 314 g/mol. The number of aliphatic hydroxyl groups is 1. The van der Waals surface area contributed by atoms with E-state index in [1.165, 1.54) is 5.56 Å². The number of hydrogen-bond acceptors (Lipinski definition) is 5. The van der Waals surface area contributed by atoms with Crippen LogP contribution in [0, 0.1) is 0 Å². The Kier molecular flexibility index (Phi) is 5.76. The molecule has 5 heteroatoms. The monoisotopic (exact) mass is 341 g/mol. The lowest BCUT2D eigenvalue weighted by Crippen LogP contribution is -2.36. The molecule has 1 saturated heterocycles. The van der Waals surface area contributed by atoms with E-state index in [1.54, 1.807) is 7.11 Å². The molecular formula is C20H27N3O2. The van der Waals surface area contributed by atoms with Crippen LogP contribution in [0.2, 0.25) is 0 Å². The normalized spacial score (nSPS) is 16.5. The zero-order chi connectivity index (χ0) is 17.6. The van der Waals surface area contributed by atoms with Crippen molar-refractivity contribution >= 4 is 11.5 Å². The van der Waals surface area contributed by atoms with Crippen molar-refractivity contribution < 1.29 is 9.84 Å². The number of rotatable bonds is 6. The summed E-state index contributed by atoms with van der Waals surface area (Å²) in [5, 5.41) is 13.3. The summed E-state index contributed by atoms with van der Waals surface area (Å²) < 4.78 is 5.22. The van der Waals surface area contributed by atoms with E-state index in [2.05, 4.69) is 40.3 Å². The lowest BCUT2D eigenvalue weighted by atomic mass is 10.0. The number of hydrogen-bond donors (Lipinski definition) is 2. The van der Waals surface area contributed by atoms with Gasteiger partial charge >= 0.3 is 0 Å². The van der Waals surface area contributed by atoms with Gasteiger partial charge in [-0.1, -0.05) is 19.1 Å². The number of nitrogens with one attached hydrogen (secondary N) is 1. The van der Waals surface area contributed by atoms with E-state index in [-0.39, 0.29) is 6.10 Å². The minimum atomic E-state index is -0.175. The van der Waals surface area contributed by atoms with Gasteiger partial charge in [-0.2, -0.15) is 0 Å². The molecule has 134 valence electrons. The van der Waals surface area contributed by atoms with Crippen LogP contribution in [0.25, 0.3) is 0 Å². The number of anilines is 2.